The normalized spacial score (nSPS) is 30.4. The van der Waals surface area contributed by atoms with Crippen molar-refractivity contribution >= 4 is 11.8 Å². The minimum atomic E-state index is -0.391. The van der Waals surface area contributed by atoms with E-state index in [1.165, 1.54) is 6.42 Å². The molecule has 3 fully saturated rings. The maximum absolute atomic E-state index is 11.8. The van der Waals surface area contributed by atoms with Crippen molar-refractivity contribution in [2.24, 2.45) is 11.8 Å². The van der Waals surface area contributed by atoms with Gasteiger partial charge >= 0.3 is 6.09 Å². The lowest BCUT2D eigenvalue weighted by molar-refractivity contribution is -0.00665. The van der Waals surface area contributed by atoms with Crippen LogP contribution >= 0.6 is 0 Å². The van der Waals surface area contributed by atoms with Crippen molar-refractivity contribution < 1.29 is 9.53 Å². The van der Waals surface area contributed by atoms with Crippen LogP contribution in [0.1, 0.15) is 12.8 Å². The van der Waals surface area contributed by atoms with Gasteiger partial charge in [-0.2, -0.15) is 0 Å². The molecule has 2 bridgehead atoms. The molecular formula is C17H20N2O2. The summed E-state index contributed by atoms with van der Waals surface area (Å²) in [5, 5.41) is 2.73. The third-order valence-corrected chi connectivity index (χ3v) is 4.52. The number of hydrogen-bond donors (Lipinski definition) is 1. The Morgan fingerprint density at radius 1 is 1.43 bits per heavy atom. The molecule has 4 nitrogen and oxygen atoms in total. The van der Waals surface area contributed by atoms with Crippen LogP contribution in [0.5, 0.6) is 0 Å². The number of nitrogens with one attached hydrogen (secondary N) is 1. The molecule has 0 saturated carbocycles. The van der Waals surface area contributed by atoms with Gasteiger partial charge in [-0.3, -0.25) is 10.2 Å². The summed E-state index contributed by atoms with van der Waals surface area (Å²) in [4.78, 5) is 14.2. The number of terminal acetylenes is 1. The monoisotopic (exact) mass is 284 g/mol. The number of hydrogen-bond acceptors (Lipinski definition) is 3. The molecule has 1 N–H and O–H groups in total. The molecular weight excluding hydrogens is 264 g/mol. The fourth-order valence-electron chi connectivity index (χ4n) is 3.35. The molecule has 0 aliphatic carbocycles. The van der Waals surface area contributed by atoms with Crippen LogP contribution in [0, 0.1) is 24.2 Å². The zero-order chi connectivity index (χ0) is 14.7. The van der Waals surface area contributed by atoms with Crippen molar-refractivity contribution in [3.63, 3.8) is 0 Å². The Morgan fingerprint density at radius 3 is 2.90 bits per heavy atom. The smallest absolute Gasteiger partial charge is 0.411 e. The number of rotatable bonds is 3. The van der Waals surface area contributed by atoms with Crippen molar-refractivity contribution in [2.45, 2.75) is 18.9 Å². The van der Waals surface area contributed by atoms with E-state index in [9.17, 15) is 4.79 Å². The van der Waals surface area contributed by atoms with Crippen LogP contribution in [0.2, 0.25) is 0 Å². The number of benzene rings is 1. The standard InChI is InChI=1S/C17H20N2O2/c1-2-13-11-19-9-8-14(13)10-16(19)12-21-17(20)18-15-6-4-3-5-7-15/h1,3-7,13-14,16H,8-12H2,(H,18,20). The number of piperidine rings is 3. The summed E-state index contributed by atoms with van der Waals surface area (Å²) in [6.45, 7) is 2.44. The molecule has 1 aromatic rings. The van der Waals surface area contributed by atoms with Crippen molar-refractivity contribution in [3.05, 3.63) is 30.3 Å². The third-order valence-electron chi connectivity index (χ3n) is 4.52. The maximum Gasteiger partial charge on any atom is 0.411 e. The lowest BCUT2D eigenvalue weighted by Gasteiger charge is -2.48. The van der Waals surface area contributed by atoms with Gasteiger partial charge in [-0.15, -0.1) is 12.3 Å². The summed E-state index contributed by atoms with van der Waals surface area (Å²) in [5.41, 5.74) is 0.750. The quantitative estimate of drug-likeness (QED) is 0.867. The fourth-order valence-corrected chi connectivity index (χ4v) is 3.35. The van der Waals surface area contributed by atoms with E-state index in [1.807, 2.05) is 30.3 Å². The number of nitrogens with zero attached hydrogens (tertiary/aromatic N) is 1. The Balaban J connectivity index is 1.48. The van der Waals surface area contributed by atoms with E-state index in [-0.39, 0.29) is 0 Å². The zero-order valence-corrected chi connectivity index (χ0v) is 12.0. The lowest BCUT2D eigenvalue weighted by atomic mass is 9.76. The molecule has 0 radical (unpaired) electrons. The summed E-state index contributed by atoms with van der Waals surface area (Å²) in [6, 6.07) is 9.65. The van der Waals surface area contributed by atoms with Gasteiger partial charge < -0.3 is 4.74 Å². The van der Waals surface area contributed by atoms with Crippen LogP contribution in [0.3, 0.4) is 0 Å². The van der Waals surface area contributed by atoms with E-state index in [4.69, 9.17) is 11.2 Å². The summed E-state index contributed by atoms with van der Waals surface area (Å²) >= 11 is 0. The van der Waals surface area contributed by atoms with Gasteiger partial charge in [-0.25, -0.2) is 4.79 Å². The number of anilines is 1. The highest BCUT2D eigenvalue weighted by Crippen LogP contribution is 2.35. The average molecular weight is 284 g/mol. The Hall–Kier alpha value is -1.99. The van der Waals surface area contributed by atoms with Crippen molar-refractivity contribution in [2.75, 3.05) is 25.0 Å². The van der Waals surface area contributed by atoms with Gasteiger partial charge in [0.25, 0.3) is 0 Å². The molecule has 110 valence electrons. The van der Waals surface area contributed by atoms with Gasteiger partial charge in [0.2, 0.25) is 0 Å². The van der Waals surface area contributed by atoms with Crippen molar-refractivity contribution in [3.8, 4) is 12.3 Å². The molecule has 4 heteroatoms. The second-order valence-electron chi connectivity index (χ2n) is 5.80. The average Bonchev–Trinajstić information content (AvgIpc) is 2.54. The first-order valence-corrected chi connectivity index (χ1v) is 7.45. The molecule has 4 rings (SSSR count). The van der Waals surface area contributed by atoms with Crippen LogP contribution in [0.25, 0.3) is 0 Å². The van der Waals surface area contributed by atoms with Gasteiger partial charge in [-0.05, 0) is 37.4 Å². The minimum Gasteiger partial charge on any atom is -0.448 e. The van der Waals surface area contributed by atoms with Gasteiger partial charge in [0.15, 0.2) is 0 Å². The Bertz CT molecular complexity index is 537. The number of amides is 1. The zero-order valence-electron chi connectivity index (χ0n) is 12.0. The van der Waals surface area contributed by atoms with Crippen molar-refractivity contribution in [1.29, 1.82) is 0 Å². The topological polar surface area (TPSA) is 41.6 Å². The molecule has 4 unspecified atom stereocenters. The van der Waals surface area contributed by atoms with E-state index in [0.29, 0.717) is 24.5 Å². The first kappa shape index (κ1) is 14.0. The Kier molecular flexibility index (Phi) is 4.12. The van der Waals surface area contributed by atoms with Gasteiger partial charge in [0.05, 0.1) is 0 Å². The molecule has 3 saturated heterocycles. The number of carbonyl (C=O) groups excluding carboxylic acids is 1. The van der Waals surface area contributed by atoms with Gasteiger partial charge in [0, 0.05) is 24.2 Å². The Morgan fingerprint density at radius 2 is 2.24 bits per heavy atom. The van der Waals surface area contributed by atoms with Crippen molar-refractivity contribution in [1.82, 2.24) is 4.90 Å². The molecule has 3 heterocycles. The number of carbonyl (C=O) groups is 1. The second kappa shape index (κ2) is 6.19. The maximum atomic E-state index is 11.8. The Labute approximate surface area is 125 Å². The third kappa shape index (κ3) is 3.20. The number of ether oxygens (including phenoxy) is 1. The first-order chi connectivity index (χ1) is 10.3. The molecule has 4 atom stereocenters. The summed E-state index contributed by atoms with van der Waals surface area (Å²) in [6.07, 6.45) is 7.38. The minimum absolute atomic E-state index is 0.315. The molecule has 0 aromatic heterocycles. The van der Waals surface area contributed by atoms with Crippen LogP contribution < -0.4 is 5.32 Å². The molecule has 1 amide bonds. The van der Waals surface area contributed by atoms with Crippen LogP contribution in [0.4, 0.5) is 10.5 Å². The lowest BCUT2D eigenvalue weighted by Crippen LogP contribution is -2.54. The molecule has 21 heavy (non-hydrogen) atoms. The SMILES string of the molecule is C#CC1CN2CCC1CC2COC(=O)Nc1ccccc1. The predicted molar refractivity (Wildman–Crippen MR) is 81.8 cm³/mol. The molecule has 1 aromatic carbocycles. The largest absolute Gasteiger partial charge is 0.448 e. The van der Waals surface area contributed by atoms with Crippen LogP contribution in [-0.4, -0.2) is 36.7 Å². The van der Waals surface area contributed by atoms with Crippen LogP contribution in [0.15, 0.2) is 30.3 Å². The van der Waals surface area contributed by atoms with Crippen LogP contribution in [-0.2, 0) is 4.74 Å². The molecule has 3 aliphatic heterocycles. The second-order valence-corrected chi connectivity index (χ2v) is 5.80. The molecule has 3 aliphatic rings. The summed E-state index contributed by atoms with van der Waals surface area (Å²) in [5.74, 6) is 3.85. The highest BCUT2D eigenvalue weighted by Gasteiger charge is 2.39. The van der Waals surface area contributed by atoms with E-state index in [0.717, 1.165) is 25.2 Å². The summed E-state index contributed by atoms with van der Waals surface area (Å²) < 4.78 is 5.36. The first-order valence-electron chi connectivity index (χ1n) is 7.45. The number of fused-ring (bicyclic) bond motifs is 3. The van der Waals surface area contributed by atoms with Gasteiger partial charge in [-0.1, -0.05) is 18.2 Å². The van der Waals surface area contributed by atoms with E-state index in [2.05, 4.69) is 16.1 Å². The van der Waals surface area contributed by atoms with E-state index < -0.39 is 6.09 Å². The summed E-state index contributed by atoms with van der Waals surface area (Å²) in [7, 11) is 0. The van der Waals surface area contributed by atoms with Gasteiger partial charge in [0.1, 0.15) is 6.61 Å². The predicted octanol–water partition coefficient (Wildman–Crippen LogP) is 2.58. The van der Waals surface area contributed by atoms with E-state index in [1.54, 1.807) is 0 Å². The highest BCUT2D eigenvalue weighted by molar-refractivity contribution is 5.84. The highest BCUT2D eigenvalue weighted by atomic mass is 16.5. The number of para-hydroxylation sites is 1. The fraction of sp³-hybridized carbons (Fsp3) is 0.471. The van der Waals surface area contributed by atoms with E-state index >= 15 is 0 Å². The molecule has 0 spiro atoms.